The number of fused-ring (bicyclic) bond motifs is 1. The molecule has 3 aromatic rings. The van der Waals surface area contributed by atoms with Gasteiger partial charge in [-0.1, -0.05) is 41.9 Å². The van der Waals surface area contributed by atoms with Crippen molar-refractivity contribution in [3.05, 3.63) is 53.3 Å². The van der Waals surface area contributed by atoms with E-state index in [4.69, 9.17) is 11.6 Å². The van der Waals surface area contributed by atoms with Crippen molar-refractivity contribution in [1.29, 1.82) is 0 Å². The molecule has 1 aromatic carbocycles. The number of benzene rings is 1. The zero-order chi connectivity index (χ0) is 17.4. The fourth-order valence-corrected chi connectivity index (χ4v) is 3.87. The van der Waals surface area contributed by atoms with Crippen LogP contribution in [0.5, 0.6) is 0 Å². The molecule has 2 aromatic heterocycles. The van der Waals surface area contributed by atoms with Crippen molar-refractivity contribution in [3.63, 3.8) is 0 Å². The Bertz CT molecular complexity index is 876. The van der Waals surface area contributed by atoms with E-state index in [1.54, 1.807) is 4.68 Å². The van der Waals surface area contributed by atoms with Gasteiger partial charge in [-0.2, -0.15) is 5.10 Å². The van der Waals surface area contributed by atoms with Gasteiger partial charge in [0.1, 0.15) is 5.15 Å². The predicted molar refractivity (Wildman–Crippen MR) is 102 cm³/mol. The summed E-state index contributed by atoms with van der Waals surface area (Å²) >= 11 is 6.27. The maximum absolute atomic E-state index is 6.27. The summed E-state index contributed by atoms with van der Waals surface area (Å²) in [5, 5.41) is 5.93. The van der Waals surface area contributed by atoms with Crippen LogP contribution < -0.4 is 4.90 Å². The molecule has 0 N–H and O–H groups in total. The van der Waals surface area contributed by atoms with E-state index in [1.807, 2.05) is 19.3 Å². The molecule has 0 saturated carbocycles. The number of hydrogen-bond donors (Lipinski definition) is 0. The highest BCUT2D eigenvalue weighted by Gasteiger charge is 2.26. The highest BCUT2D eigenvalue weighted by molar-refractivity contribution is 6.30. The SMILES string of the molecule is C[C@H]1CN(Cc2ccccc2)CCN1c1cc(Cl)nc2c1cnn2C. The lowest BCUT2D eigenvalue weighted by Gasteiger charge is -2.41. The van der Waals surface area contributed by atoms with Crippen molar-refractivity contribution in [1.82, 2.24) is 19.7 Å². The Morgan fingerprint density at radius 1 is 1.20 bits per heavy atom. The summed E-state index contributed by atoms with van der Waals surface area (Å²) in [6.07, 6.45) is 1.89. The minimum atomic E-state index is 0.402. The van der Waals surface area contributed by atoms with Gasteiger partial charge in [0.15, 0.2) is 5.65 Å². The lowest BCUT2D eigenvalue weighted by atomic mass is 10.1. The summed E-state index contributed by atoms with van der Waals surface area (Å²) in [4.78, 5) is 9.36. The Morgan fingerprint density at radius 2 is 2.00 bits per heavy atom. The van der Waals surface area contributed by atoms with Crippen molar-refractivity contribution in [2.75, 3.05) is 24.5 Å². The number of rotatable bonds is 3. The van der Waals surface area contributed by atoms with Gasteiger partial charge in [-0.25, -0.2) is 4.98 Å². The van der Waals surface area contributed by atoms with Gasteiger partial charge in [0.25, 0.3) is 0 Å². The molecule has 1 aliphatic rings. The van der Waals surface area contributed by atoms with E-state index < -0.39 is 0 Å². The van der Waals surface area contributed by atoms with Crippen LogP contribution in [0.2, 0.25) is 5.15 Å². The summed E-state index contributed by atoms with van der Waals surface area (Å²) in [5.41, 5.74) is 3.33. The number of nitrogens with zero attached hydrogens (tertiary/aromatic N) is 5. The molecular weight excluding hydrogens is 334 g/mol. The van der Waals surface area contributed by atoms with E-state index in [1.165, 1.54) is 5.56 Å². The lowest BCUT2D eigenvalue weighted by Crippen LogP contribution is -2.51. The number of aryl methyl sites for hydroxylation is 1. The molecule has 0 unspecified atom stereocenters. The van der Waals surface area contributed by atoms with Gasteiger partial charge in [-0.3, -0.25) is 9.58 Å². The van der Waals surface area contributed by atoms with Gasteiger partial charge >= 0.3 is 0 Å². The van der Waals surface area contributed by atoms with Crippen LogP contribution in [0.1, 0.15) is 12.5 Å². The molecule has 0 amide bonds. The van der Waals surface area contributed by atoms with Crippen LogP contribution in [0.25, 0.3) is 11.0 Å². The van der Waals surface area contributed by atoms with E-state index >= 15 is 0 Å². The molecule has 25 heavy (non-hydrogen) atoms. The summed E-state index contributed by atoms with van der Waals surface area (Å²) in [5.74, 6) is 0. The zero-order valence-electron chi connectivity index (χ0n) is 14.6. The van der Waals surface area contributed by atoms with Crippen molar-refractivity contribution in [2.45, 2.75) is 19.5 Å². The maximum Gasteiger partial charge on any atom is 0.161 e. The van der Waals surface area contributed by atoms with Gasteiger partial charge < -0.3 is 4.90 Å². The number of halogens is 1. The normalized spacial score (nSPS) is 18.8. The molecule has 0 spiro atoms. The summed E-state index contributed by atoms with van der Waals surface area (Å²) in [7, 11) is 1.90. The van der Waals surface area contributed by atoms with E-state index in [0.717, 1.165) is 42.9 Å². The van der Waals surface area contributed by atoms with Crippen LogP contribution in [0.15, 0.2) is 42.6 Å². The van der Waals surface area contributed by atoms with E-state index in [0.29, 0.717) is 11.2 Å². The monoisotopic (exact) mass is 355 g/mol. The van der Waals surface area contributed by atoms with Crippen LogP contribution in [-0.2, 0) is 13.6 Å². The second-order valence-corrected chi connectivity index (χ2v) is 7.12. The topological polar surface area (TPSA) is 37.2 Å². The number of piperazine rings is 1. The molecule has 1 saturated heterocycles. The Balaban J connectivity index is 1.56. The van der Waals surface area contributed by atoms with E-state index in [-0.39, 0.29) is 0 Å². The standard InChI is InChI=1S/C19H22ClN5/c1-14-12-24(13-15-6-4-3-5-7-15)8-9-25(14)17-10-18(20)22-19-16(17)11-21-23(19)2/h3-7,10-11,14H,8-9,12-13H2,1-2H3/t14-/m0/s1. The molecule has 1 aliphatic heterocycles. The molecule has 1 fully saturated rings. The minimum Gasteiger partial charge on any atom is -0.366 e. The van der Waals surface area contributed by atoms with Gasteiger partial charge in [0.2, 0.25) is 0 Å². The minimum absolute atomic E-state index is 0.402. The summed E-state index contributed by atoms with van der Waals surface area (Å²) in [6.45, 7) is 6.29. The third-order valence-corrected chi connectivity index (χ3v) is 5.12. The summed E-state index contributed by atoms with van der Waals surface area (Å²) in [6, 6.07) is 13.0. The Kier molecular flexibility index (Phi) is 4.36. The lowest BCUT2D eigenvalue weighted by molar-refractivity contribution is 0.221. The molecule has 0 bridgehead atoms. The van der Waals surface area contributed by atoms with Crippen LogP contribution in [0.4, 0.5) is 5.69 Å². The number of anilines is 1. The number of hydrogen-bond acceptors (Lipinski definition) is 4. The highest BCUT2D eigenvalue weighted by atomic mass is 35.5. The maximum atomic E-state index is 6.27. The van der Waals surface area contributed by atoms with E-state index in [2.05, 4.69) is 57.1 Å². The second kappa shape index (κ2) is 6.65. The summed E-state index contributed by atoms with van der Waals surface area (Å²) < 4.78 is 1.78. The molecule has 1 atom stereocenters. The largest absolute Gasteiger partial charge is 0.366 e. The highest BCUT2D eigenvalue weighted by Crippen LogP contribution is 2.31. The van der Waals surface area contributed by atoms with Crippen LogP contribution in [0, 0.1) is 0 Å². The first-order valence-electron chi connectivity index (χ1n) is 8.63. The van der Waals surface area contributed by atoms with Crippen molar-refractivity contribution in [2.24, 2.45) is 7.05 Å². The molecular formula is C19H22ClN5. The third-order valence-electron chi connectivity index (χ3n) is 4.92. The van der Waals surface area contributed by atoms with Crippen molar-refractivity contribution < 1.29 is 0 Å². The first-order valence-corrected chi connectivity index (χ1v) is 9.01. The molecule has 0 aliphatic carbocycles. The molecule has 4 rings (SSSR count). The average molecular weight is 356 g/mol. The van der Waals surface area contributed by atoms with E-state index in [9.17, 15) is 0 Å². The van der Waals surface area contributed by atoms with Gasteiger partial charge in [0, 0.05) is 39.3 Å². The van der Waals surface area contributed by atoms with Gasteiger partial charge in [0.05, 0.1) is 17.3 Å². The van der Waals surface area contributed by atoms with Crippen LogP contribution in [0.3, 0.4) is 0 Å². The number of aromatic nitrogens is 3. The fraction of sp³-hybridized carbons (Fsp3) is 0.368. The van der Waals surface area contributed by atoms with Crippen LogP contribution >= 0.6 is 11.6 Å². The molecule has 5 nitrogen and oxygen atoms in total. The quantitative estimate of drug-likeness (QED) is 0.675. The van der Waals surface area contributed by atoms with Crippen molar-refractivity contribution >= 4 is 28.3 Å². The third kappa shape index (κ3) is 3.22. The van der Waals surface area contributed by atoms with Crippen molar-refractivity contribution in [3.8, 4) is 0 Å². The number of pyridine rings is 1. The Hall–Kier alpha value is -2.11. The van der Waals surface area contributed by atoms with Gasteiger partial charge in [-0.05, 0) is 18.6 Å². The predicted octanol–water partition coefficient (Wildman–Crippen LogP) is 3.33. The Labute approximate surface area is 152 Å². The first kappa shape index (κ1) is 16.4. The smallest absolute Gasteiger partial charge is 0.161 e. The van der Waals surface area contributed by atoms with Crippen LogP contribution in [-0.4, -0.2) is 45.3 Å². The van der Waals surface area contributed by atoms with Gasteiger partial charge in [-0.15, -0.1) is 0 Å². The average Bonchev–Trinajstić information content (AvgIpc) is 2.97. The second-order valence-electron chi connectivity index (χ2n) is 6.73. The first-order chi connectivity index (χ1) is 12.1. The fourth-order valence-electron chi connectivity index (χ4n) is 3.68. The molecule has 3 heterocycles. The molecule has 0 radical (unpaired) electrons. The molecule has 130 valence electrons. The Morgan fingerprint density at radius 3 is 2.76 bits per heavy atom. The molecule has 6 heteroatoms. The zero-order valence-corrected chi connectivity index (χ0v) is 15.3.